The molecule has 2 aromatic carbocycles. The third-order valence-electron chi connectivity index (χ3n) is 8.99. The summed E-state index contributed by atoms with van der Waals surface area (Å²) in [6.45, 7) is 8.90. The molecule has 10 heteroatoms. The first-order valence-electron chi connectivity index (χ1n) is 15.2. The fraction of sp³-hybridized carbons (Fsp3) is 0.455. The number of amides is 1. The summed E-state index contributed by atoms with van der Waals surface area (Å²) < 4.78 is 6.31. The van der Waals surface area contributed by atoms with Gasteiger partial charge in [-0.05, 0) is 43.3 Å². The molecule has 0 radical (unpaired) electrons. The highest BCUT2D eigenvalue weighted by Gasteiger charge is 2.34. The Morgan fingerprint density at radius 1 is 1.09 bits per heavy atom. The maximum atomic E-state index is 12.5. The van der Waals surface area contributed by atoms with Gasteiger partial charge in [0.25, 0.3) is 0 Å². The molecular formula is C33H39N7O3. The molecule has 2 fully saturated rings. The zero-order chi connectivity index (χ0) is 29.8. The molecule has 0 spiro atoms. The minimum Gasteiger partial charge on any atom is -0.462 e. The van der Waals surface area contributed by atoms with Gasteiger partial charge in [0, 0.05) is 55.4 Å². The predicted molar refractivity (Wildman–Crippen MR) is 166 cm³/mol. The summed E-state index contributed by atoms with van der Waals surface area (Å²) in [4.78, 5) is 31.1. The fourth-order valence-corrected chi connectivity index (χ4v) is 6.82. The van der Waals surface area contributed by atoms with Gasteiger partial charge in [0.1, 0.15) is 12.4 Å². The van der Waals surface area contributed by atoms with Crippen molar-refractivity contribution in [1.82, 2.24) is 19.8 Å². The van der Waals surface area contributed by atoms with E-state index in [2.05, 4.69) is 69.8 Å². The van der Waals surface area contributed by atoms with Crippen molar-refractivity contribution in [2.45, 2.75) is 44.3 Å². The Hall–Kier alpha value is -4.20. The summed E-state index contributed by atoms with van der Waals surface area (Å²) in [6, 6.07) is 17.4. The molecule has 0 unspecified atom stereocenters. The van der Waals surface area contributed by atoms with Crippen LogP contribution in [-0.4, -0.2) is 95.3 Å². The molecule has 10 nitrogen and oxygen atoms in total. The van der Waals surface area contributed by atoms with E-state index in [0.29, 0.717) is 45.3 Å². The van der Waals surface area contributed by atoms with E-state index in [4.69, 9.17) is 14.7 Å². The van der Waals surface area contributed by atoms with Gasteiger partial charge in [-0.2, -0.15) is 15.2 Å². The van der Waals surface area contributed by atoms with Gasteiger partial charge in [-0.3, -0.25) is 9.69 Å². The zero-order valence-corrected chi connectivity index (χ0v) is 24.6. The van der Waals surface area contributed by atoms with Crippen LogP contribution >= 0.6 is 0 Å². The van der Waals surface area contributed by atoms with Gasteiger partial charge in [0.15, 0.2) is 0 Å². The second-order valence-electron chi connectivity index (χ2n) is 11.5. The zero-order valence-electron chi connectivity index (χ0n) is 24.6. The molecule has 3 aliphatic rings. The number of anilines is 2. The highest BCUT2D eigenvalue weighted by atomic mass is 16.5. The lowest BCUT2D eigenvalue weighted by molar-refractivity contribution is -0.128. The van der Waals surface area contributed by atoms with E-state index in [-0.39, 0.29) is 31.0 Å². The van der Waals surface area contributed by atoms with E-state index < -0.39 is 0 Å². The quantitative estimate of drug-likeness (QED) is 0.381. The van der Waals surface area contributed by atoms with E-state index in [1.54, 1.807) is 4.90 Å². The van der Waals surface area contributed by atoms with E-state index >= 15 is 0 Å². The number of fused-ring (bicyclic) bond motifs is 2. The molecule has 2 saturated heterocycles. The summed E-state index contributed by atoms with van der Waals surface area (Å²) in [5.74, 6) is 0.688. The number of nitriles is 1. The average Bonchev–Trinajstić information content (AvgIpc) is 3.49. The van der Waals surface area contributed by atoms with Crippen molar-refractivity contribution in [2.24, 2.45) is 0 Å². The van der Waals surface area contributed by atoms with Gasteiger partial charge >= 0.3 is 6.01 Å². The van der Waals surface area contributed by atoms with Crippen LogP contribution < -0.4 is 14.5 Å². The Labute approximate surface area is 252 Å². The SMILES string of the molecule is C=CC(=O)N1CCN(c2nc(OC[C@@H]3CCCN3CCO)nc3c2CCN(c2cccc4ccccc24)C3)C[C@@H]1CC#N. The van der Waals surface area contributed by atoms with Crippen LogP contribution in [0.1, 0.15) is 30.5 Å². The maximum absolute atomic E-state index is 12.5. The fourth-order valence-electron chi connectivity index (χ4n) is 6.82. The topological polar surface area (TPSA) is 109 Å². The van der Waals surface area contributed by atoms with Crippen molar-refractivity contribution in [1.29, 1.82) is 5.26 Å². The van der Waals surface area contributed by atoms with Crippen LogP contribution in [0.25, 0.3) is 10.8 Å². The van der Waals surface area contributed by atoms with Crippen molar-refractivity contribution in [3.8, 4) is 12.1 Å². The second kappa shape index (κ2) is 13.0. The van der Waals surface area contributed by atoms with Crippen LogP contribution in [0.4, 0.5) is 11.5 Å². The molecule has 3 aliphatic heterocycles. The Morgan fingerprint density at radius 3 is 2.79 bits per heavy atom. The van der Waals surface area contributed by atoms with Crippen molar-refractivity contribution >= 4 is 28.2 Å². The number of piperazine rings is 1. The number of carbonyl (C=O) groups excluding carboxylic acids is 1. The predicted octanol–water partition coefficient (Wildman–Crippen LogP) is 3.14. The first-order chi connectivity index (χ1) is 21.1. The lowest BCUT2D eigenvalue weighted by atomic mass is 10.0. The molecule has 2 atom stereocenters. The summed E-state index contributed by atoms with van der Waals surface area (Å²) in [7, 11) is 0. The summed E-state index contributed by atoms with van der Waals surface area (Å²) >= 11 is 0. The summed E-state index contributed by atoms with van der Waals surface area (Å²) in [6.07, 6.45) is 4.43. The maximum Gasteiger partial charge on any atom is 0.318 e. The number of aromatic nitrogens is 2. The van der Waals surface area contributed by atoms with Gasteiger partial charge in [-0.1, -0.05) is 43.0 Å². The summed E-state index contributed by atoms with van der Waals surface area (Å²) in [5, 5.41) is 21.4. The van der Waals surface area contributed by atoms with Crippen molar-refractivity contribution in [2.75, 3.05) is 62.3 Å². The highest BCUT2D eigenvalue weighted by Crippen LogP contribution is 2.35. The third-order valence-corrected chi connectivity index (χ3v) is 8.99. The molecule has 0 bridgehead atoms. The number of carbonyl (C=O) groups is 1. The molecule has 4 heterocycles. The average molecular weight is 582 g/mol. The van der Waals surface area contributed by atoms with Crippen molar-refractivity contribution in [3.63, 3.8) is 0 Å². The molecule has 6 rings (SSSR count). The lowest BCUT2D eigenvalue weighted by Gasteiger charge is -2.42. The van der Waals surface area contributed by atoms with Crippen LogP contribution in [0, 0.1) is 11.3 Å². The first kappa shape index (κ1) is 28.9. The molecule has 0 saturated carbocycles. The van der Waals surface area contributed by atoms with Crippen molar-refractivity contribution < 1.29 is 14.6 Å². The third kappa shape index (κ3) is 6.01. The van der Waals surface area contributed by atoms with Crippen molar-refractivity contribution in [3.05, 3.63) is 66.4 Å². The molecular weight excluding hydrogens is 542 g/mol. The molecule has 1 amide bonds. The van der Waals surface area contributed by atoms with E-state index in [1.165, 1.54) is 22.5 Å². The monoisotopic (exact) mass is 581 g/mol. The standard InChI is InChI=1S/C33H39N7O3/c1-2-31(42)40-18-17-39(21-25(40)12-14-34)32-28-13-16-38(30-11-5-8-24-7-3-4-10-27(24)30)22-29(28)35-33(36-32)43-23-26-9-6-15-37(26)19-20-41/h2-5,7-8,10-11,25-26,41H,1,6,9,12-13,15-23H2/t25-,26-/m0/s1. The van der Waals surface area contributed by atoms with Gasteiger partial charge in [-0.25, -0.2) is 0 Å². The number of nitrogens with zero attached hydrogens (tertiary/aromatic N) is 7. The molecule has 1 aromatic heterocycles. The Morgan fingerprint density at radius 2 is 1.95 bits per heavy atom. The number of rotatable bonds is 9. The first-order valence-corrected chi connectivity index (χ1v) is 15.2. The highest BCUT2D eigenvalue weighted by molar-refractivity contribution is 5.94. The van der Waals surface area contributed by atoms with Crippen LogP contribution in [0.2, 0.25) is 0 Å². The number of likely N-dealkylation sites (tertiary alicyclic amines) is 1. The lowest BCUT2D eigenvalue weighted by Crippen LogP contribution is -2.55. The number of aliphatic hydroxyl groups is 1. The molecule has 1 N–H and O–H groups in total. The van der Waals surface area contributed by atoms with Crippen LogP contribution in [0.15, 0.2) is 55.1 Å². The Balaban J connectivity index is 1.32. The number of hydrogen-bond acceptors (Lipinski definition) is 9. The molecule has 0 aliphatic carbocycles. The Kier molecular flexibility index (Phi) is 8.72. The Bertz CT molecular complexity index is 1520. The van der Waals surface area contributed by atoms with Gasteiger partial charge in [0.05, 0.1) is 37.4 Å². The van der Waals surface area contributed by atoms with E-state index in [1.807, 2.05) is 0 Å². The minimum absolute atomic E-state index is 0.129. The largest absolute Gasteiger partial charge is 0.462 e. The number of β-amino-alcohol motifs (C(OH)–C–C–N with tert-alkyl or cyclic N) is 1. The number of hydrogen-bond donors (Lipinski definition) is 1. The van der Waals surface area contributed by atoms with Gasteiger partial charge in [0.2, 0.25) is 5.91 Å². The normalized spacial score (nSPS) is 20.6. The van der Waals surface area contributed by atoms with Crippen LogP contribution in [-0.2, 0) is 17.8 Å². The molecule has 3 aromatic rings. The number of ether oxygens (including phenoxy) is 1. The van der Waals surface area contributed by atoms with Gasteiger partial charge in [-0.15, -0.1) is 0 Å². The number of benzene rings is 2. The molecule has 43 heavy (non-hydrogen) atoms. The van der Waals surface area contributed by atoms with E-state index in [9.17, 15) is 15.2 Å². The summed E-state index contributed by atoms with van der Waals surface area (Å²) in [5.41, 5.74) is 3.23. The van der Waals surface area contributed by atoms with Crippen LogP contribution in [0.3, 0.4) is 0 Å². The number of aliphatic hydroxyl groups excluding tert-OH is 1. The van der Waals surface area contributed by atoms with Crippen LogP contribution in [0.5, 0.6) is 6.01 Å². The molecule has 224 valence electrons. The van der Waals surface area contributed by atoms with Gasteiger partial charge < -0.3 is 24.5 Å². The minimum atomic E-state index is -0.250. The second-order valence-corrected chi connectivity index (χ2v) is 11.5. The smallest absolute Gasteiger partial charge is 0.318 e. The van der Waals surface area contributed by atoms with E-state index in [0.717, 1.165) is 49.4 Å².